The van der Waals surface area contributed by atoms with Crippen molar-refractivity contribution in [3.63, 3.8) is 0 Å². The normalized spacial score (nSPS) is 15.8. The van der Waals surface area contributed by atoms with Gasteiger partial charge in [-0.3, -0.25) is 4.79 Å². The molecule has 1 saturated heterocycles. The second-order valence-electron chi connectivity index (χ2n) is 9.49. The number of halogens is 2. The van der Waals surface area contributed by atoms with E-state index >= 15 is 0 Å². The van der Waals surface area contributed by atoms with Gasteiger partial charge < -0.3 is 4.90 Å². The Hall–Kier alpha value is -2.22. The number of piperidine rings is 1. The number of nitrogens with zero attached hydrogens (tertiary/aromatic N) is 2. The van der Waals surface area contributed by atoms with Crippen molar-refractivity contribution in [1.82, 2.24) is 9.21 Å². The average Bonchev–Trinajstić information content (AvgIpc) is 2.91. The first-order valence-electron chi connectivity index (χ1n) is 12.4. The number of benzene rings is 3. The Kier molecular flexibility index (Phi) is 10.7. The number of rotatable bonds is 10. The van der Waals surface area contributed by atoms with Gasteiger partial charge >= 0.3 is 0 Å². The summed E-state index contributed by atoms with van der Waals surface area (Å²) in [6, 6.07) is 25.8. The Morgan fingerprint density at radius 3 is 2.22 bits per heavy atom. The molecule has 0 bridgehead atoms. The third-order valence-electron chi connectivity index (χ3n) is 7.06. The lowest BCUT2D eigenvalue weighted by molar-refractivity contribution is 0.0837. The van der Waals surface area contributed by atoms with Crippen LogP contribution in [-0.4, -0.2) is 56.6 Å². The molecule has 1 fully saturated rings. The molecule has 0 radical (unpaired) electrons. The number of hydrogen-bond donors (Lipinski definition) is 0. The highest BCUT2D eigenvalue weighted by Crippen LogP contribution is 2.28. The van der Waals surface area contributed by atoms with E-state index in [0.717, 1.165) is 50.0 Å². The van der Waals surface area contributed by atoms with Crippen LogP contribution < -0.4 is 0 Å². The number of likely N-dealkylation sites (N-methyl/N-ethyl adjacent to an activating group) is 1. The molecule has 0 aliphatic carbocycles. The summed E-state index contributed by atoms with van der Waals surface area (Å²) in [7, 11) is -1.95. The summed E-state index contributed by atoms with van der Waals surface area (Å²) in [6.45, 7) is 2.93. The Balaban J connectivity index is 0.00000380. The van der Waals surface area contributed by atoms with Gasteiger partial charge in [0.25, 0.3) is 0 Å². The Bertz CT molecular complexity index is 1250. The van der Waals surface area contributed by atoms with E-state index in [4.69, 9.17) is 11.6 Å². The van der Waals surface area contributed by atoms with Crippen molar-refractivity contribution >= 4 is 39.8 Å². The molecule has 0 saturated carbocycles. The molecule has 5 nitrogen and oxygen atoms in total. The summed E-state index contributed by atoms with van der Waals surface area (Å²) in [5.41, 5.74) is 1.83. The van der Waals surface area contributed by atoms with Gasteiger partial charge in [-0.15, -0.1) is 12.4 Å². The molecule has 1 atom stereocenters. The fourth-order valence-corrected chi connectivity index (χ4v) is 6.34. The van der Waals surface area contributed by atoms with Crippen LogP contribution >= 0.6 is 24.0 Å². The van der Waals surface area contributed by atoms with E-state index in [1.54, 1.807) is 31.3 Å². The Labute approximate surface area is 231 Å². The van der Waals surface area contributed by atoms with E-state index in [9.17, 15) is 13.2 Å². The van der Waals surface area contributed by atoms with E-state index in [1.807, 2.05) is 60.7 Å². The largest absolute Gasteiger partial charge is 0.303 e. The van der Waals surface area contributed by atoms with Gasteiger partial charge in [-0.1, -0.05) is 72.3 Å². The van der Waals surface area contributed by atoms with E-state index in [1.165, 1.54) is 4.31 Å². The molecular weight excluding hydrogens is 527 g/mol. The van der Waals surface area contributed by atoms with Gasteiger partial charge in [0, 0.05) is 30.1 Å². The molecule has 0 amide bonds. The smallest absolute Gasteiger partial charge is 0.242 e. The Morgan fingerprint density at radius 1 is 0.973 bits per heavy atom. The molecule has 8 heteroatoms. The quantitative estimate of drug-likeness (QED) is 0.279. The first-order valence-corrected chi connectivity index (χ1v) is 14.2. The number of ketones is 1. The fraction of sp³-hybridized carbons (Fsp3) is 0.345. The molecule has 4 rings (SSSR count). The van der Waals surface area contributed by atoms with Gasteiger partial charge in [-0.05, 0) is 74.6 Å². The standard InChI is InChI=1S/C29H33ClN2O3S.ClH/c1-31(36(34,35)28-13-6-3-7-14-28)22-26(25-11-8-12-27(30)21-25)17-20-32-18-15-24(16-19-32)29(33)23-9-4-2-5-10-23;/h2-14,21,24,26H,15-20,22H2,1H3;1H/t26-;/m1./s1. The number of Topliss-reactive ketones (excluding diaryl/α,β-unsaturated/α-hetero) is 1. The van der Waals surface area contributed by atoms with Crippen molar-refractivity contribution in [3.05, 3.63) is 101 Å². The summed E-state index contributed by atoms with van der Waals surface area (Å²) < 4.78 is 27.7. The molecule has 198 valence electrons. The van der Waals surface area contributed by atoms with E-state index in [0.29, 0.717) is 16.5 Å². The van der Waals surface area contributed by atoms with Gasteiger partial charge in [0.1, 0.15) is 0 Å². The van der Waals surface area contributed by atoms with Crippen molar-refractivity contribution in [2.24, 2.45) is 5.92 Å². The first-order chi connectivity index (χ1) is 17.3. The molecule has 0 aromatic heterocycles. The predicted octanol–water partition coefficient (Wildman–Crippen LogP) is 6.15. The number of carbonyl (C=O) groups excluding carboxylic acids is 1. The van der Waals surface area contributed by atoms with Crippen LogP contribution in [0.15, 0.2) is 89.8 Å². The number of carbonyl (C=O) groups is 1. The van der Waals surface area contributed by atoms with E-state index < -0.39 is 10.0 Å². The van der Waals surface area contributed by atoms with Crippen molar-refractivity contribution in [2.45, 2.75) is 30.1 Å². The first kappa shape index (κ1) is 29.3. The molecule has 1 heterocycles. The average molecular weight is 562 g/mol. The minimum atomic E-state index is -3.59. The third-order valence-corrected chi connectivity index (χ3v) is 9.13. The van der Waals surface area contributed by atoms with Crippen LogP contribution in [0.1, 0.15) is 41.1 Å². The van der Waals surface area contributed by atoms with Crippen LogP contribution in [-0.2, 0) is 10.0 Å². The second-order valence-corrected chi connectivity index (χ2v) is 12.0. The summed E-state index contributed by atoms with van der Waals surface area (Å²) in [6.07, 6.45) is 2.49. The topological polar surface area (TPSA) is 57.7 Å². The van der Waals surface area contributed by atoms with Crippen LogP contribution in [0.3, 0.4) is 0 Å². The van der Waals surface area contributed by atoms with Crippen molar-refractivity contribution < 1.29 is 13.2 Å². The third kappa shape index (κ3) is 7.65. The number of likely N-dealkylation sites (tertiary alicyclic amines) is 1. The molecule has 0 N–H and O–H groups in total. The van der Waals surface area contributed by atoms with Crippen molar-refractivity contribution in [3.8, 4) is 0 Å². The van der Waals surface area contributed by atoms with E-state index in [2.05, 4.69) is 4.90 Å². The van der Waals surface area contributed by atoms with Gasteiger partial charge in [-0.25, -0.2) is 12.7 Å². The minimum Gasteiger partial charge on any atom is -0.303 e. The molecule has 3 aromatic rings. The van der Waals surface area contributed by atoms with Gasteiger partial charge in [0.05, 0.1) is 4.90 Å². The van der Waals surface area contributed by atoms with Crippen LogP contribution in [0.2, 0.25) is 5.02 Å². The zero-order valence-corrected chi connectivity index (χ0v) is 23.4. The monoisotopic (exact) mass is 560 g/mol. The molecule has 1 aliphatic heterocycles. The maximum atomic E-state index is 13.1. The fourth-order valence-electron chi connectivity index (χ4n) is 4.90. The van der Waals surface area contributed by atoms with Crippen LogP contribution in [0.5, 0.6) is 0 Å². The molecular formula is C29H34Cl2N2O3S. The molecule has 1 aliphatic rings. The summed E-state index contributed by atoms with van der Waals surface area (Å²) in [4.78, 5) is 15.5. The van der Waals surface area contributed by atoms with Crippen LogP contribution in [0.25, 0.3) is 0 Å². The van der Waals surface area contributed by atoms with E-state index in [-0.39, 0.29) is 30.0 Å². The predicted molar refractivity (Wildman–Crippen MR) is 152 cm³/mol. The zero-order chi connectivity index (χ0) is 25.5. The Morgan fingerprint density at radius 2 is 1.59 bits per heavy atom. The molecule has 3 aromatic carbocycles. The lowest BCUT2D eigenvalue weighted by Crippen LogP contribution is -2.38. The summed E-state index contributed by atoms with van der Waals surface area (Å²) >= 11 is 6.28. The number of sulfonamides is 1. The highest BCUT2D eigenvalue weighted by molar-refractivity contribution is 7.89. The minimum absolute atomic E-state index is 0. The highest BCUT2D eigenvalue weighted by Gasteiger charge is 2.28. The number of hydrogen-bond acceptors (Lipinski definition) is 4. The summed E-state index contributed by atoms with van der Waals surface area (Å²) in [5.74, 6) is 0.296. The SMILES string of the molecule is CN(C[C@@H](CCN1CCC(C(=O)c2ccccc2)CC1)c1cccc(Cl)c1)S(=O)(=O)c1ccccc1.Cl. The van der Waals surface area contributed by atoms with Gasteiger partial charge in [0.2, 0.25) is 10.0 Å². The van der Waals surface area contributed by atoms with Gasteiger partial charge in [0.15, 0.2) is 5.78 Å². The van der Waals surface area contributed by atoms with Crippen molar-refractivity contribution in [2.75, 3.05) is 33.2 Å². The maximum absolute atomic E-state index is 13.1. The molecule has 0 unspecified atom stereocenters. The van der Waals surface area contributed by atoms with Crippen LogP contribution in [0.4, 0.5) is 0 Å². The molecule has 0 spiro atoms. The second kappa shape index (κ2) is 13.5. The van der Waals surface area contributed by atoms with Crippen LogP contribution in [0, 0.1) is 5.92 Å². The zero-order valence-electron chi connectivity index (χ0n) is 21.0. The summed E-state index contributed by atoms with van der Waals surface area (Å²) in [5, 5.41) is 0.645. The lowest BCUT2D eigenvalue weighted by atomic mass is 9.88. The van der Waals surface area contributed by atoms with Gasteiger partial charge in [-0.2, -0.15) is 0 Å². The van der Waals surface area contributed by atoms with Crippen molar-refractivity contribution in [1.29, 1.82) is 0 Å². The molecule has 37 heavy (non-hydrogen) atoms. The lowest BCUT2D eigenvalue weighted by Gasteiger charge is -2.33. The highest BCUT2D eigenvalue weighted by atomic mass is 35.5. The maximum Gasteiger partial charge on any atom is 0.242 e.